The van der Waals surface area contributed by atoms with E-state index in [-0.39, 0.29) is 5.91 Å². The number of hydrogen-bond acceptors (Lipinski definition) is 1. The molecule has 0 bridgehead atoms. The number of carbonyl (C=O) groups is 1. The Morgan fingerprint density at radius 1 is 1.33 bits per heavy atom. The van der Waals surface area contributed by atoms with Crippen LogP contribution in [-0.4, -0.2) is 10.5 Å². The van der Waals surface area contributed by atoms with Crippen LogP contribution in [0.5, 0.6) is 0 Å². The van der Waals surface area contributed by atoms with Gasteiger partial charge in [0.2, 0.25) is 0 Å². The zero-order valence-electron chi connectivity index (χ0n) is 9.78. The van der Waals surface area contributed by atoms with Crippen molar-refractivity contribution in [3.8, 4) is 0 Å². The fourth-order valence-electron chi connectivity index (χ4n) is 1.62. The molecule has 0 fully saturated rings. The lowest BCUT2D eigenvalue weighted by atomic mass is 10.2. The molecule has 18 heavy (non-hydrogen) atoms. The molecule has 1 N–H and O–H groups in total. The summed E-state index contributed by atoms with van der Waals surface area (Å²) < 4.78 is 3.70. The molecule has 5 heteroatoms. The van der Waals surface area contributed by atoms with Gasteiger partial charge in [-0.25, -0.2) is 0 Å². The minimum absolute atomic E-state index is 0.0874. The largest absolute Gasteiger partial charge is 0.353 e. The molecule has 2 rings (SSSR count). The predicted octanol–water partition coefficient (Wildman–Crippen LogP) is 3.48. The van der Waals surface area contributed by atoms with Crippen molar-refractivity contribution in [1.82, 2.24) is 9.88 Å². The average molecular weight is 372 g/mol. The van der Waals surface area contributed by atoms with E-state index in [4.69, 9.17) is 0 Å². The molecule has 0 spiro atoms. The van der Waals surface area contributed by atoms with Crippen LogP contribution in [-0.2, 0) is 13.6 Å². The van der Waals surface area contributed by atoms with Crippen molar-refractivity contribution >= 4 is 37.8 Å². The highest BCUT2D eigenvalue weighted by atomic mass is 79.9. The Morgan fingerprint density at radius 2 is 2.11 bits per heavy atom. The zero-order chi connectivity index (χ0) is 13.1. The number of nitrogens with zero attached hydrogens (tertiary/aromatic N) is 1. The van der Waals surface area contributed by atoms with E-state index >= 15 is 0 Å². The van der Waals surface area contributed by atoms with E-state index in [0.717, 1.165) is 14.6 Å². The molecule has 1 aromatic carbocycles. The summed E-state index contributed by atoms with van der Waals surface area (Å²) in [5.41, 5.74) is 1.70. The minimum Gasteiger partial charge on any atom is -0.353 e. The SMILES string of the molecule is Cn1cccc1CNC(=O)c1ccc(Br)cc1Br. The van der Waals surface area contributed by atoms with Gasteiger partial charge in [0.05, 0.1) is 12.1 Å². The molecular formula is C13H12Br2N2O. The van der Waals surface area contributed by atoms with Gasteiger partial charge in [0.15, 0.2) is 0 Å². The number of carbonyl (C=O) groups excluding carboxylic acids is 1. The van der Waals surface area contributed by atoms with Crippen LogP contribution in [0.4, 0.5) is 0 Å². The third-order valence-electron chi connectivity index (χ3n) is 2.66. The van der Waals surface area contributed by atoms with E-state index in [1.807, 2.05) is 42.1 Å². The smallest absolute Gasteiger partial charge is 0.252 e. The number of aromatic nitrogens is 1. The Balaban J connectivity index is 2.06. The van der Waals surface area contributed by atoms with E-state index in [0.29, 0.717) is 12.1 Å². The highest BCUT2D eigenvalue weighted by Gasteiger charge is 2.10. The van der Waals surface area contributed by atoms with Crippen LogP contribution in [0.25, 0.3) is 0 Å². The molecule has 0 radical (unpaired) electrons. The Hall–Kier alpha value is -1.07. The van der Waals surface area contributed by atoms with Crippen molar-refractivity contribution in [2.75, 3.05) is 0 Å². The standard InChI is InChI=1S/C13H12Br2N2O/c1-17-6-2-3-10(17)8-16-13(18)11-5-4-9(14)7-12(11)15/h2-7H,8H2,1H3,(H,16,18). The van der Waals surface area contributed by atoms with Gasteiger partial charge in [-0.2, -0.15) is 0 Å². The molecule has 3 nitrogen and oxygen atoms in total. The lowest BCUT2D eigenvalue weighted by molar-refractivity contribution is 0.0949. The number of halogens is 2. The molecule has 0 aliphatic rings. The van der Waals surface area contributed by atoms with Crippen LogP contribution in [0.15, 0.2) is 45.5 Å². The Labute approximate surface area is 122 Å². The highest BCUT2D eigenvalue weighted by Crippen LogP contribution is 2.21. The molecule has 1 amide bonds. The number of amides is 1. The summed E-state index contributed by atoms with van der Waals surface area (Å²) in [6, 6.07) is 9.43. The van der Waals surface area contributed by atoms with Crippen molar-refractivity contribution in [3.63, 3.8) is 0 Å². The minimum atomic E-state index is -0.0874. The van der Waals surface area contributed by atoms with Gasteiger partial charge in [0.25, 0.3) is 5.91 Å². The molecule has 1 aromatic heterocycles. The van der Waals surface area contributed by atoms with Crippen LogP contribution in [0.3, 0.4) is 0 Å². The second-order valence-electron chi connectivity index (χ2n) is 3.92. The Bertz CT molecular complexity index is 578. The van der Waals surface area contributed by atoms with Gasteiger partial charge in [-0.15, -0.1) is 0 Å². The summed E-state index contributed by atoms with van der Waals surface area (Å²) in [6.45, 7) is 0.519. The van der Waals surface area contributed by atoms with Crippen LogP contribution >= 0.6 is 31.9 Å². The maximum atomic E-state index is 12.0. The Morgan fingerprint density at radius 3 is 2.72 bits per heavy atom. The van der Waals surface area contributed by atoms with E-state index in [2.05, 4.69) is 37.2 Å². The molecule has 0 aliphatic heterocycles. The third kappa shape index (κ3) is 3.03. The van der Waals surface area contributed by atoms with Crippen LogP contribution < -0.4 is 5.32 Å². The first kappa shape index (κ1) is 13.4. The summed E-state index contributed by atoms with van der Waals surface area (Å²) in [5, 5.41) is 2.90. The summed E-state index contributed by atoms with van der Waals surface area (Å²) in [7, 11) is 1.96. The first-order valence-corrected chi connectivity index (χ1v) is 7.00. The molecule has 0 atom stereocenters. The molecule has 0 saturated heterocycles. The second-order valence-corrected chi connectivity index (χ2v) is 5.69. The van der Waals surface area contributed by atoms with Crippen molar-refractivity contribution < 1.29 is 4.79 Å². The first-order chi connectivity index (χ1) is 8.58. The molecule has 0 aliphatic carbocycles. The van der Waals surface area contributed by atoms with Crippen LogP contribution in [0.1, 0.15) is 16.1 Å². The van der Waals surface area contributed by atoms with Gasteiger partial charge in [-0.05, 0) is 46.3 Å². The maximum absolute atomic E-state index is 12.0. The third-order valence-corrected chi connectivity index (χ3v) is 3.81. The topological polar surface area (TPSA) is 34.0 Å². The molecule has 2 aromatic rings. The number of rotatable bonds is 3. The van der Waals surface area contributed by atoms with E-state index in [1.54, 1.807) is 6.07 Å². The first-order valence-electron chi connectivity index (χ1n) is 5.41. The van der Waals surface area contributed by atoms with Crippen molar-refractivity contribution in [1.29, 1.82) is 0 Å². The van der Waals surface area contributed by atoms with Gasteiger partial charge >= 0.3 is 0 Å². The lowest BCUT2D eigenvalue weighted by Gasteiger charge is -2.08. The fourth-order valence-corrected chi connectivity index (χ4v) is 2.85. The van der Waals surface area contributed by atoms with E-state index in [9.17, 15) is 4.79 Å². The molecule has 1 heterocycles. The van der Waals surface area contributed by atoms with Crippen LogP contribution in [0.2, 0.25) is 0 Å². The zero-order valence-corrected chi connectivity index (χ0v) is 13.0. The summed E-state index contributed by atoms with van der Waals surface area (Å²) >= 11 is 6.75. The van der Waals surface area contributed by atoms with E-state index < -0.39 is 0 Å². The molecule has 94 valence electrons. The van der Waals surface area contributed by atoms with Gasteiger partial charge in [-0.1, -0.05) is 15.9 Å². The maximum Gasteiger partial charge on any atom is 0.252 e. The van der Waals surface area contributed by atoms with Crippen LogP contribution in [0, 0.1) is 0 Å². The van der Waals surface area contributed by atoms with Gasteiger partial charge in [0.1, 0.15) is 0 Å². The van der Waals surface area contributed by atoms with Crippen molar-refractivity contribution in [2.45, 2.75) is 6.54 Å². The molecule has 0 saturated carbocycles. The molecular weight excluding hydrogens is 360 g/mol. The Kier molecular flexibility index (Phi) is 4.24. The fraction of sp³-hybridized carbons (Fsp3) is 0.154. The number of hydrogen-bond donors (Lipinski definition) is 1. The van der Waals surface area contributed by atoms with Crippen molar-refractivity contribution in [2.24, 2.45) is 7.05 Å². The predicted molar refractivity (Wildman–Crippen MR) is 78.4 cm³/mol. The summed E-state index contributed by atoms with van der Waals surface area (Å²) in [6.07, 6.45) is 1.96. The summed E-state index contributed by atoms with van der Waals surface area (Å²) in [5.74, 6) is -0.0874. The normalized spacial score (nSPS) is 10.4. The number of benzene rings is 1. The molecule has 0 unspecified atom stereocenters. The highest BCUT2D eigenvalue weighted by molar-refractivity contribution is 9.11. The van der Waals surface area contributed by atoms with Gasteiger partial charge in [-0.3, -0.25) is 4.79 Å². The second kappa shape index (κ2) is 5.71. The summed E-state index contributed by atoms with van der Waals surface area (Å²) in [4.78, 5) is 12.0. The van der Waals surface area contributed by atoms with E-state index in [1.165, 1.54) is 0 Å². The lowest BCUT2D eigenvalue weighted by Crippen LogP contribution is -2.24. The van der Waals surface area contributed by atoms with Gasteiger partial charge < -0.3 is 9.88 Å². The quantitative estimate of drug-likeness (QED) is 0.880. The monoisotopic (exact) mass is 370 g/mol. The van der Waals surface area contributed by atoms with Gasteiger partial charge in [0, 0.05) is 27.9 Å². The van der Waals surface area contributed by atoms with Crippen molar-refractivity contribution in [3.05, 3.63) is 56.7 Å². The average Bonchev–Trinajstić information content (AvgIpc) is 2.72. The number of aryl methyl sites for hydroxylation is 1. The number of nitrogens with one attached hydrogen (secondary N) is 1.